The summed E-state index contributed by atoms with van der Waals surface area (Å²) in [5, 5.41) is 22.4. The van der Waals surface area contributed by atoms with Gasteiger partial charge in [0.2, 0.25) is 0 Å². The first-order valence-corrected chi connectivity index (χ1v) is 6.61. The molecule has 5 heteroatoms. The highest BCUT2D eigenvalue weighted by atomic mass is 16.3. The maximum Gasteiger partial charge on any atom is 0.257 e. The molecule has 3 atom stereocenters. The summed E-state index contributed by atoms with van der Waals surface area (Å²) in [5.74, 6) is 0.665. The first-order chi connectivity index (χ1) is 9.08. The van der Waals surface area contributed by atoms with E-state index in [1.165, 1.54) is 18.2 Å². The molecule has 0 aliphatic carbocycles. The zero-order chi connectivity index (χ0) is 13.6. The molecule has 5 nitrogen and oxygen atoms in total. The van der Waals surface area contributed by atoms with Crippen molar-refractivity contribution in [3.8, 4) is 11.5 Å². The highest BCUT2D eigenvalue weighted by molar-refractivity contribution is 5.97. The van der Waals surface area contributed by atoms with Crippen molar-refractivity contribution in [2.24, 2.45) is 11.8 Å². The third kappa shape index (κ3) is 1.94. The van der Waals surface area contributed by atoms with Gasteiger partial charge in [-0.2, -0.15) is 0 Å². The van der Waals surface area contributed by atoms with Gasteiger partial charge < -0.3 is 20.4 Å². The molecule has 2 heterocycles. The van der Waals surface area contributed by atoms with Crippen LogP contribution in [0.3, 0.4) is 0 Å². The van der Waals surface area contributed by atoms with Crippen LogP contribution in [-0.2, 0) is 0 Å². The first-order valence-electron chi connectivity index (χ1n) is 6.61. The average Bonchev–Trinajstić information content (AvgIpc) is 2.92. The Bertz CT molecular complexity index is 517. The Morgan fingerprint density at radius 2 is 2.16 bits per heavy atom. The Morgan fingerprint density at radius 3 is 2.84 bits per heavy atom. The average molecular weight is 262 g/mol. The molecule has 1 amide bonds. The van der Waals surface area contributed by atoms with Crippen LogP contribution in [0.25, 0.3) is 0 Å². The predicted molar refractivity (Wildman–Crippen MR) is 70.1 cm³/mol. The van der Waals surface area contributed by atoms with Crippen LogP contribution >= 0.6 is 0 Å². The Morgan fingerprint density at radius 1 is 1.37 bits per heavy atom. The van der Waals surface area contributed by atoms with E-state index in [1.807, 2.05) is 4.90 Å². The van der Waals surface area contributed by atoms with E-state index < -0.39 is 0 Å². The number of hydrogen-bond donors (Lipinski definition) is 3. The lowest BCUT2D eigenvalue weighted by molar-refractivity contribution is 0.0725. The van der Waals surface area contributed by atoms with Crippen LogP contribution in [0.2, 0.25) is 0 Å². The van der Waals surface area contributed by atoms with Gasteiger partial charge in [0.25, 0.3) is 5.91 Å². The summed E-state index contributed by atoms with van der Waals surface area (Å²) in [6, 6.07) is 4.29. The molecule has 0 bridgehead atoms. The molecular formula is C14H18N2O3. The third-order valence-electron chi connectivity index (χ3n) is 4.41. The number of carbonyl (C=O) groups is 1. The molecule has 1 aromatic carbocycles. The SMILES string of the molecule is CC1C2CNCC2CN1C(=O)c1ccc(O)cc1O. The lowest BCUT2D eigenvalue weighted by Crippen LogP contribution is -2.38. The number of nitrogens with zero attached hydrogens (tertiary/aromatic N) is 1. The number of phenolic OH excluding ortho intramolecular Hbond substituents is 2. The summed E-state index contributed by atoms with van der Waals surface area (Å²) in [5.41, 5.74) is 0.262. The Hall–Kier alpha value is -1.75. The van der Waals surface area contributed by atoms with Crippen molar-refractivity contribution < 1.29 is 15.0 Å². The van der Waals surface area contributed by atoms with Crippen molar-refractivity contribution in [2.75, 3.05) is 19.6 Å². The van der Waals surface area contributed by atoms with E-state index in [2.05, 4.69) is 12.2 Å². The number of carbonyl (C=O) groups excluding carboxylic acids is 1. The van der Waals surface area contributed by atoms with Crippen molar-refractivity contribution in [3.05, 3.63) is 23.8 Å². The van der Waals surface area contributed by atoms with Crippen LogP contribution in [0.15, 0.2) is 18.2 Å². The Kier molecular flexibility index (Phi) is 2.86. The molecule has 0 radical (unpaired) electrons. The van der Waals surface area contributed by atoms with Crippen LogP contribution in [0, 0.1) is 11.8 Å². The van der Waals surface area contributed by atoms with Gasteiger partial charge in [-0.15, -0.1) is 0 Å². The van der Waals surface area contributed by atoms with E-state index in [9.17, 15) is 15.0 Å². The molecule has 2 aliphatic heterocycles. The van der Waals surface area contributed by atoms with Gasteiger partial charge in [-0.3, -0.25) is 4.79 Å². The van der Waals surface area contributed by atoms with E-state index in [1.54, 1.807) is 0 Å². The van der Waals surface area contributed by atoms with Crippen LogP contribution in [0.4, 0.5) is 0 Å². The van der Waals surface area contributed by atoms with Crippen LogP contribution < -0.4 is 5.32 Å². The minimum Gasteiger partial charge on any atom is -0.508 e. The lowest BCUT2D eigenvalue weighted by atomic mass is 9.95. The fraction of sp³-hybridized carbons (Fsp3) is 0.500. The summed E-state index contributed by atoms with van der Waals surface area (Å²) in [4.78, 5) is 14.3. The number of likely N-dealkylation sites (tertiary alicyclic amines) is 1. The summed E-state index contributed by atoms with van der Waals surface area (Å²) in [6.07, 6.45) is 0. The second-order valence-electron chi connectivity index (χ2n) is 5.48. The summed E-state index contributed by atoms with van der Waals surface area (Å²) >= 11 is 0. The van der Waals surface area contributed by atoms with Gasteiger partial charge in [0.1, 0.15) is 11.5 Å². The normalized spacial score (nSPS) is 29.5. The number of nitrogens with one attached hydrogen (secondary N) is 1. The number of aromatic hydroxyl groups is 2. The summed E-state index contributed by atoms with van der Waals surface area (Å²) in [6.45, 7) is 4.71. The van der Waals surface area contributed by atoms with Gasteiger partial charge in [-0.05, 0) is 30.9 Å². The van der Waals surface area contributed by atoms with Gasteiger partial charge >= 0.3 is 0 Å². The van der Waals surface area contributed by atoms with Crippen LogP contribution in [0.5, 0.6) is 11.5 Å². The molecular weight excluding hydrogens is 244 g/mol. The van der Waals surface area contributed by atoms with E-state index >= 15 is 0 Å². The molecule has 3 unspecified atom stereocenters. The van der Waals surface area contributed by atoms with Crippen LogP contribution in [0.1, 0.15) is 17.3 Å². The summed E-state index contributed by atoms with van der Waals surface area (Å²) < 4.78 is 0. The minimum absolute atomic E-state index is 0.0374. The van der Waals surface area contributed by atoms with Gasteiger partial charge in [-0.1, -0.05) is 0 Å². The topological polar surface area (TPSA) is 72.8 Å². The second kappa shape index (κ2) is 4.42. The van der Waals surface area contributed by atoms with E-state index in [0.29, 0.717) is 11.8 Å². The lowest BCUT2D eigenvalue weighted by Gasteiger charge is -2.24. The number of benzene rings is 1. The Labute approximate surface area is 111 Å². The van der Waals surface area contributed by atoms with Crippen molar-refractivity contribution in [1.82, 2.24) is 10.2 Å². The van der Waals surface area contributed by atoms with Crippen molar-refractivity contribution in [3.63, 3.8) is 0 Å². The molecule has 1 aromatic rings. The molecule has 0 aromatic heterocycles. The van der Waals surface area contributed by atoms with Crippen molar-refractivity contribution in [2.45, 2.75) is 13.0 Å². The Balaban J connectivity index is 1.84. The smallest absolute Gasteiger partial charge is 0.257 e. The minimum atomic E-state index is -0.160. The number of phenols is 2. The zero-order valence-corrected chi connectivity index (χ0v) is 10.8. The summed E-state index contributed by atoms with van der Waals surface area (Å²) in [7, 11) is 0. The standard InChI is InChI=1S/C14H18N2O3/c1-8-12-6-15-5-9(12)7-16(8)14(19)11-3-2-10(17)4-13(11)18/h2-4,8-9,12,15,17-18H,5-7H2,1H3. The van der Waals surface area contributed by atoms with Gasteiger partial charge in [0, 0.05) is 31.7 Å². The monoisotopic (exact) mass is 262 g/mol. The molecule has 2 fully saturated rings. The number of fused-ring (bicyclic) bond motifs is 1. The van der Waals surface area contributed by atoms with Crippen molar-refractivity contribution in [1.29, 1.82) is 0 Å². The molecule has 0 saturated carbocycles. The zero-order valence-electron chi connectivity index (χ0n) is 10.8. The first kappa shape index (κ1) is 12.3. The van der Waals surface area contributed by atoms with E-state index in [4.69, 9.17) is 0 Å². The molecule has 19 heavy (non-hydrogen) atoms. The maximum atomic E-state index is 12.5. The van der Waals surface area contributed by atoms with Gasteiger partial charge in [0.05, 0.1) is 5.56 Å². The molecule has 0 spiro atoms. The molecule has 2 saturated heterocycles. The maximum absolute atomic E-state index is 12.5. The molecule has 102 valence electrons. The van der Waals surface area contributed by atoms with Crippen LogP contribution in [-0.4, -0.2) is 46.7 Å². The quantitative estimate of drug-likeness (QED) is 0.699. The van der Waals surface area contributed by atoms with Gasteiger partial charge in [0.15, 0.2) is 0 Å². The molecule has 3 N–H and O–H groups in total. The van der Waals surface area contributed by atoms with Crippen molar-refractivity contribution >= 4 is 5.91 Å². The highest BCUT2D eigenvalue weighted by Crippen LogP contribution is 2.34. The van der Waals surface area contributed by atoms with Gasteiger partial charge in [-0.25, -0.2) is 0 Å². The predicted octanol–water partition coefficient (Wildman–Crippen LogP) is 0.778. The highest BCUT2D eigenvalue weighted by Gasteiger charge is 2.44. The fourth-order valence-corrected chi connectivity index (χ4v) is 3.29. The number of amides is 1. The van der Waals surface area contributed by atoms with E-state index in [-0.39, 0.29) is 29.0 Å². The molecule has 3 rings (SSSR count). The van der Waals surface area contributed by atoms with E-state index in [0.717, 1.165) is 19.6 Å². The third-order valence-corrected chi connectivity index (χ3v) is 4.41. The number of rotatable bonds is 1. The fourth-order valence-electron chi connectivity index (χ4n) is 3.29. The second-order valence-corrected chi connectivity index (χ2v) is 5.48. The number of hydrogen-bond acceptors (Lipinski definition) is 4. The molecule has 2 aliphatic rings. The largest absolute Gasteiger partial charge is 0.508 e.